The Kier molecular flexibility index (Phi) is 6.87. The van der Waals surface area contributed by atoms with E-state index < -0.39 is 24.3 Å². The van der Waals surface area contributed by atoms with E-state index in [0.717, 1.165) is 19.3 Å². The second-order valence-corrected chi connectivity index (χ2v) is 15.2. The number of rotatable bonds is 2. The topological polar surface area (TPSA) is 89.7 Å². The van der Waals surface area contributed by atoms with E-state index in [1.807, 2.05) is 4.90 Å². The molecular weight excluding hydrogens is 526 g/mol. The summed E-state index contributed by atoms with van der Waals surface area (Å²) in [7, 11) is 0. The summed E-state index contributed by atoms with van der Waals surface area (Å²) in [4.78, 5) is 16.4. The van der Waals surface area contributed by atoms with Crippen LogP contribution in [-0.4, -0.2) is 90.6 Å². The van der Waals surface area contributed by atoms with Crippen LogP contribution in [0.5, 0.6) is 0 Å². The van der Waals surface area contributed by atoms with Crippen LogP contribution in [0.1, 0.15) is 72.1 Å². The Labute approximate surface area is 243 Å². The zero-order chi connectivity index (χ0) is 28.2. The molecule has 16 unspecified atom stereocenters. The Morgan fingerprint density at radius 2 is 1.73 bits per heavy atom. The third-order valence-electron chi connectivity index (χ3n) is 13.0. The summed E-state index contributed by atoms with van der Waals surface area (Å²) in [5, 5.41) is 18.3. The molecule has 8 nitrogen and oxygen atoms in total. The summed E-state index contributed by atoms with van der Waals surface area (Å²) in [6, 6.07) is 0.214. The number of halogens is 2. The summed E-state index contributed by atoms with van der Waals surface area (Å²) in [6.45, 7) is 7.10. The van der Waals surface area contributed by atoms with E-state index in [4.69, 9.17) is 4.74 Å². The number of hydrogen-bond acceptors (Lipinski definition) is 6. The number of amides is 2. The Bertz CT molecular complexity index is 1020. The molecule has 2 amide bonds. The lowest BCUT2D eigenvalue weighted by atomic mass is 9.54. The zero-order valence-corrected chi connectivity index (χ0v) is 24.8. The van der Waals surface area contributed by atoms with E-state index in [1.165, 1.54) is 19.3 Å². The molecular formula is C31H50F2N6O2. The maximum Gasteiger partial charge on any atom is 0.319 e. The molecule has 6 aliphatic heterocycles. The molecule has 230 valence electrons. The molecule has 0 aromatic carbocycles. The van der Waals surface area contributed by atoms with Crippen molar-refractivity contribution in [3.63, 3.8) is 0 Å². The number of piperidine rings is 2. The van der Waals surface area contributed by atoms with Crippen LogP contribution in [0, 0.1) is 35.5 Å². The highest BCUT2D eigenvalue weighted by atomic mass is 19.1. The summed E-state index contributed by atoms with van der Waals surface area (Å²) in [5.74, 6) is 1.36. The van der Waals surface area contributed by atoms with Crippen LogP contribution in [0.4, 0.5) is 13.6 Å². The largest absolute Gasteiger partial charge is 0.373 e. The molecule has 0 spiro atoms. The van der Waals surface area contributed by atoms with Crippen LogP contribution >= 0.6 is 0 Å². The first-order chi connectivity index (χ1) is 19.8. The smallest absolute Gasteiger partial charge is 0.319 e. The van der Waals surface area contributed by atoms with E-state index in [-0.39, 0.29) is 60.4 Å². The van der Waals surface area contributed by atoms with E-state index in [9.17, 15) is 4.79 Å². The summed E-state index contributed by atoms with van der Waals surface area (Å²) in [5.41, 5.74) is 0. The minimum Gasteiger partial charge on any atom is -0.373 e. The number of alkyl halides is 2. The van der Waals surface area contributed by atoms with Crippen LogP contribution in [0.3, 0.4) is 0 Å². The lowest BCUT2D eigenvalue weighted by Crippen LogP contribution is -2.82. The normalized spacial score (nSPS) is 56.2. The minimum atomic E-state index is -1.17. The fraction of sp³-hybridized carbons (Fsp3) is 0.968. The van der Waals surface area contributed by atoms with Crippen molar-refractivity contribution in [2.45, 2.75) is 145 Å². The molecule has 6 saturated heterocycles. The third-order valence-corrected chi connectivity index (χ3v) is 13.0. The quantitative estimate of drug-likeness (QED) is 0.348. The van der Waals surface area contributed by atoms with Crippen molar-refractivity contribution in [2.24, 2.45) is 35.5 Å². The van der Waals surface area contributed by atoms with Crippen molar-refractivity contribution in [1.29, 1.82) is 0 Å². The van der Waals surface area contributed by atoms with Crippen LogP contribution in [0.15, 0.2) is 0 Å². The van der Waals surface area contributed by atoms with Gasteiger partial charge in [0.05, 0.1) is 30.5 Å². The number of carbonyl (C=O) groups is 1. The monoisotopic (exact) mass is 576 g/mol. The van der Waals surface area contributed by atoms with E-state index in [0.29, 0.717) is 49.3 Å². The summed E-state index contributed by atoms with van der Waals surface area (Å²) in [6.07, 6.45) is 3.97. The van der Waals surface area contributed by atoms with Gasteiger partial charge in [0.1, 0.15) is 12.3 Å². The number of fused-ring (bicyclic) bond motifs is 9. The molecule has 6 heterocycles. The van der Waals surface area contributed by atoms with Gasteiger partial charge < -0.3 is 20.3 Å². The van der Waals surface area contributed by atoms with E-state index >= 15 is 8.78 Å². The molecule has 8 rings (SSSR count). The first-order valence-corrected chi connectivity index (χ1v) is 16.8. The number of nitrogens with one attached hydrogen (secondary N) is 5. The Balaban J connectivity index is 1.18. The molecule has 2 aliphatic carbocycles. The standard InChI is InChI=1S/C31H50F2N6O2/c1-13(2)25-29-26(35-12-34-25)14(3)41-23-6-4-5-20(32)24(23)28-21(33)11-19-27(38-31(40)39(29)30(19)37-28)18-10-17-16(18)9-15-7-8-22(17)36-15/h13-30,34-37H,4-12H2,1-3H3,(H,38,40)/t14?,15?,16-,17?,18?,19?,20?,21?,22?,23?,24?,25?,26?,27?,28?,29?,30?/m0/s1. The number of urea groups is 1. The van der Waals surface area contributed by atoms with Crippen molar-refractivity contribution >= 4 is 6.03 Å². The maximum absolute atomic E-state index is 16.4. The Morgan fingerprint density at radius 1 is 0.878 bits per heavy atom. The Morgan fingerprint density at radius 3 is 2.56 bits per heavy atom. The number of carbonyl (C=O) groups excluding carboxylic acids is 1. The predicted molar refractivity (Wildman–Crippen MR) is 151 cm³/mol. The molecule has 0 radical (unpaired) electrons. The van der Waals surface area contributed by atoms with Gasteiger partial charge in [0.2, 0.25) is 0 Å². The van der Waals surface area contributed by atoms with Gasteiger partial charge >= 0.3 is 6.03 Å². The van der Waals surface area contributed by atoms with Crippen LogP contribution in [0.25, 0.3) is 0 Å². The average molecular weight is 577 g/mol. The van der Waals surface area contributed by atoms with E-state index in [2.05, 4.69) is 47.4 Å². The molecule has 0 aromatic heterocycles. The van der Waals surface area contributed by atoms with Crippen molar-refractivity contribution < 1.29 is 18.3 Å². The Hall–Kier alpha value is -1.07. The molecule has 8 aliphatic rings. The zero-order valence-electron chi connectivity index (χ0n) is 24.8. The van der Waals surface area contributed by atoms with Gasteiger partial charge in [-0.15, -0.1) is 0 Å². The molecule has 4 bridgehead atoms. The average Bonchev–Trinajstić information content (AvgIpc) is 3.34. The van der Waals surface area contributed by atoms with Crippen LogP contribution < -0.4 is 26.6 Å². The number of hydrogen-bond donors (Lipinski definition) is 5. The molecule has 8 fully saturated rings. The van der Waals surface area contributed by atoms with Gasteiger partial charge in [0, 0.05) is 48.7 Å². The fourth-order valence-electron chi connectivity index (χ4n) is 11.1. The maximum atomic E-state index is 16.4. The second-order valence-electron chi connectivity index (χ2n) is 15.2. The van der Waals surface area contributed by atoms with Crippen molar-refractivity contribution in [1.82, 2.24) is 31.5 Å². The van der Waals surface area contributed by atoms with Gasteiger partial charge in [-0.3, -0.25) is 16.0 Å². The molecule has 41 heavy (non-hydrogen) atoms. The van der Waals surface area contributed by atoms with Crippen molar-refractivity contribution in [3.05, 3.63) is 0 Å². The molecule has 10 heteroatoms. The van der Waals surface area contributed by atoms with Gasteiger partial charge in [0.15, 0.2) is 0 Å². The SMILES string of the molecule is CC(C)C1NCNC2C(C)OC3CCCC(F)C3C3NC4C(CC3F)C(C3CC5C6CCC(C[C@@H]53)N6)NC(=O)N4C12. The van der Waals surface area contributed by atoms with Crippen molar-refractivity contribution in [2.75, 3.05) is 6.67 Å². The molecule has 2 saturated carbocycles. The highest BCUT2D eigenvalue weighted by Crippen LogP contribution is 2.55. The van der Waals surface area contributed by atoms with Gasteiger partial charge in [-0.1, -0.05) is 13.8 Å². The molecule has 0 aromatic rings. The number of ether oxygens (including phenoxy) is 1. The van der Waals surface area contributed by atoms with Gasteiger partial charge in [-0.25, -0.2) is 13.6 Å². The summed E-state index contributed by atoms with van der Waals surface area (Å²) < 4.78 is 38.9. The third kappa shape index (κ3) is 4.24. The lowest BCUT2D eigenvalue weighted by molar-refractivity contribution is -0.152. The fourth-order valence-corrected chi connectivity index (χ4v) is 11.1. The number of nitrogens with zero attached hydrogens (tertiary/aromatic N) is 1. The first-order valence-electron chi connectivity index (χ1n) is 16.8. The van der Waals surface area contributed by atoms with Crippen molar-refractivity contribution in [3.8, 4) is 0 Å². The van der Waals surface area contributed by atoms with Crippen LogP contribution in [0.2, 0.25) is 0 Å². The predicted octanol–water partition coefficient (Wildman–Crippen LogP) is 2.64. The minimum absolute atomic E-state index is 0.0467. The highest BCUT2D eigenvalue weighted by molar-refractivity contribution is 5.77. The van der Waals surface area contributed by atoms with Gasteiger partial charge in [-0.2, -0.15) is 0 Å². The molecule has 17 atom stereocenters. The van der Waals surface area contributed by atoms with Gasteiger partial charge in [-0.05, 0) is 82.0 Å². The highest BCUT2D eigenvalue weighted by Gasteiger charge is 2.62. The van der Waals surface area contributed by atoms with Gasteiger partial charge in [0.25, 0.3) is 0 Å². The lowest BCUT2D eigenvalue weighted by Gasteiger charge is -2.63. The molecule has 5 N–H and O–H groups in total. The summed E-state index contributed by atoms with van der Waals surface area (Å²) >= 11 is 0. The second kappa shape index (κ2) is 10.2. The first kappa shape index (κ1) is 27.5. The van der Waals surface area contributed by atoms with E-state index in [1.54, 1.807) is 0 Å². The van der Waals surface area contributed by atoms with Crippen LogP contribution in [-0.2, 0) is 4.74 Å².